The van der Waals surface area contributed by atoms with E-state index in [0.29, 0.717) is 12.8 Å². The molecule has 17 heavy (non-hydrogen) atoms. The zero-order chi connectivity index (χ0) is 13.3. The van der Waals surface area contributed by atoms with Gasteiger partial charge in [-0.3, -0.25) is 0 Å². The smallest absolute Gasteiger partial charge is 0.0967 e. The highest BCUT2D eigenvalue weighted by Gasteiger charge is 2.27. The molecule has 0 atom stereocenters. The summed E-state index contributed by atoms with van der Waals surface area (Å²) in [5.41, 5.74) is 1.21. The third kappa shape index (κ3) is 4.20. The fourth-order valence-electron chi connectivity index (χ4n) is 1.88. The van der Waals surface area contributed by atoms with Crippen molar-refractivity contribution in [1.82, 2.24) is 0 Å². The molecule has 0 aliphatic heterocycles. The van der Waals surface area contributed by atoms with Crippen LogP contribution in [0.5, 0.6) is 0 Å². The van der Waals surface area contributed by atoms with Crippen molar-refractivity contribution >= 4 is 0 Å². The van der Waals surface area contributed by atoms with Gasteiger partial charge in [-0.15, -0.1) is 13.2 Å². The van der Waals surface area contributed by atoms with Crippen LogP contribution in [0.1, 0.15) is 37.8 Å². The van der Waals surface area contributed by atoms with Gasteiger partial charge in [-0.2, -0.15) is 0 Å². The summed E-state index contributed by atoms with van der Waals surface area (Å²) in [5.74, 6) is 0. The van der Waals surface area contributed by atoms with Crippen molar-refractivity contribution in [2.45, 2.75) is 39.2 Å². The molecule has 0 amide bonds. The van der Waals surface area contributed by atoms with E-state index in [1.165, 1.54) is 0 Å². The van der Waals surface area contributed by atoms with Gasteiger partial charge in [0.1, 0.15) is 0 Å². The molecule has 0 unspecified atom stereocenters. The maximum Gasteiger partial charge on any atom is 0.0967 e. The topological polar surface area (TPSA) is 20.2 Å². The monoisotopic (exact) mass is 232 g/mol. The number of rotatable bonds is 5. The van der Waals surface area contributed by atoms with Crippen molar-refractivity contribution in [1.29, 1.82) is 0 Å². The van der Waals surface area contributed by atoms with E-state index >= 15 is 0 Å². The first kappa shape index (κ1) is 15.7. The van der Waals surface area contributed by atoms with E-state index in [1.54, 1.807) is 12.2 Å². The average Bonchev–Trinajstić information content (AvgIpc) is 2.32. The lowest BCUT2D eigenvalue weighted by atomic mass is 9.85. The molecule has 1 heteroatoms. The summed E-state index contributed by atoms with van der Waals surface area (Å²) in [6.45, 7) is 13.4. The van der Waals surface area contributed by atoms with Crippen LogP contribution in [0.4, 0.5) is 0 Å². The summed E-state index contributed by atoms with van der Waals surface area (Å²) in [4.78, 5) is 0. The first-order valence-electron chi connectivity index (χ1n) is 6.14. The Morgan fingerprint density at radius 1 is 1.12 bits per heavy atom. The van der Waals surface area contributed by atoms with Crippen LogP contribution in [0.3, 0.4) is 0 Å². The number of hydrogen-bond acceptors (Lipinski definition) is 1. The molecule has 0 spiro atoms. The molecule has 0 heterocycles. The molecule has 1 rings (SSSR count). The molecule has 0 aromatic heterocycles. The van der Waals surface area contributed by atoms with Crippen molar-refractivity contribution in [2.24, 2.45) is 0 Å². The maximum absolute atomic E-state index is 10.5. The molecule has 0 fully saturated rings. The number of aryl methyl sites for hydroxylation is 1. The highest BCUT2D eigenvalue weighted by Crippen LogP contribution is 2.31. The Hall–Kier alpha value is -1.34. The van der Waals surface area contributed by atoms with E-state index in [0.717, 1.165) is 11.1 Å². The molecule has 0 saturated heterocycles. The lowest BCUT2D eigenvalue weighted by Crippen LogP contribution is -2.25. The summed E-state index contributed by atoms with van der Waals surface area (Å²) < 4.78 is 0. The van der Waals surface area contributed by atoms with Gasteiger partial charge in [0.2, 0.25) is 0 Å². The molecule has 0 bridgehead atoms. The van der Waals surface area contributed by atoms with Gasteiger partial charge in [-0.05, 0) is 30.9 Å². The van der Waals surface area contributed by atoms with Crippen LogP contribution in [0, 0.1) is 6.92 Å². The van der Waals surface area contributed by atoms with Crippen LogP contribution in [-0.2, 0) is 5.60 Å². The summed E-state index contributed by atoms with van der Waals surface area (Å²) in [5, 5.41) is 10.5. The molecule has 0 radical (unpaired) electrons. The Balaban J connectivity index is 0.00000121. The van der Waals surface area contributed by atoms with Gasteiger partial charge in [0.25, 0.3) is 0 Å². The minimum absolute atomic E-state index is 0.546. The Morgan fingerprint density at radius 2 is 1.59 bits per heavy atom. The second kappa shape index (κ2) is 7.86. The number of benzene rings is 1. The molecule has 1 aromatic carbocycles. The van der Waals surface area contributed by atoms with E-state index in [4.69, 9.17) is 0 Å². The first-order valence-corrected chi connectivity index (χ1v) is 6.14. The van der Waals surface area contributed by atoms with E-state index in [-0.39, 0.29) is 0 Å². The molecule has 1 N–H and O–H groups in total. The Morgan fingerprint density at radius 3 is 2.00 bits per heavy atom. The number of aliphatic hydroxyl groups is 1. The predicted octanol–water partition coefficient (Wildman–Crippen LogP) is 4.36. The minimum atomic E-state index is -0.852. The van der Waals surface area contributed by atoms with Gasteiger partial charge in [-0.1, -0.05) is 50.3 Å². The second-order valence-corrected chi connectivity index (χ2v) is 3.83. The fraction of sp³-hybridized carbons (Fsp3) is 0.375. The summed E-state index contributed by atoms with van der Waals surface area (Å²) in [6, 6.07) is 7.88. The van der Waals surface area contributed by atoms with Crippen LogP contribution in [0.25, 0.3) is 0 Å². The van der Waals surface area contributed by atoms with Crippen molar-refractivity contribution in [3.63, 3.8) is 0 Å². The highest BCUT2D eigenvalue weighted by molar-refractivity contribution is 5.32. The summed E-state index contributed by atoms with van der Waals surface area (Å²) in [7, 11) is 0. The van der Waals surface area contributed by atoms with E-state index in [2.05, 4.69) is 13.2 Å². The molecule has 1 nitrogen and oxygen atoms in total. The van der Waals surface area contributed by atoms with Crippen molar-refractivity contribution in [3.05, 3.63) is 60.7 Å². The van der Waals surface area contributed by atoms with Gasteiger partial charge >= 0.3 is 0 Å². The Kier molecular flexibility index (Phi) is 7.24. The molecular formula is C16H24O. The zero-order valence-electron chi connectivity index (χ0n) is 11.2. The van der Waals surface area contributed by atoms with E-state index in [1.807, 2.05) is 45.0 Å². The van der Waals surface area contributed by atoms with Crippen molar-refractivity contribution < 1.29 is 5.11 Å². The summed E-state index contributed by atoms with van der Waals surface area (Å²) >= 11 is 0. The predicted molar refractivity (Wildman–Crippen MR) is 76.1 cm³/mol. The van der Waals surface area contributed by atoms with Crippen LogP contribution < -0.4 is 0 Å². The normalized spacial score (nSPS) is 10.1. The molecular weight excluding hydrogens is 208 g/mol. The van der Waals surface area contributed by atoms with Gasteiger partial charge in [0.15, 0.2) is 0 Å². The Bertz CT molecular complexity index is 342. The van der Waals surface area contributed by atoms with Crippen molar-refractivity contribution in [3.8, 4) is 0 Å². The molecule has 0 aliphatic rings. The highest BCUT2D eigenvalue weighted by atomic mass is 16.3. The van der Waals surface area contributed by atoms with Gasteiger partial charge in [0, 0.05) is 0 Å². The standard InChI is InChI=1S/C14H18O.C2H6/c1-4-10-14(15,11-5-2)13-9-7-6-8-12(13)3;1-2/h4-9,15H,1-2,10-11H2,3H3;1-2H3. The first-order chi connectivity index (χ1) is 8.14. The average molecular weight is 232 g/mol. The SMILES string of the molecule is C=CCC(O)(CC=C)c1ccccc1C.CC. The third-order valence-electron chi connectivity index (χ3n) is 2.61. The van der Waals surface area contributed by atoms with Crippen LogP contribution in [0.15, 0.2) is 49.6 Å². The lowest BCUT2D eigenvalue weighted by molar-refractivity contribution is 0.0423. The second-order valence-electron chi connectivity index (χ2n) is 3.83. The van der Waals surface area contributed by atoms with Crippen LogP contribution >= 0.6 is 0 Å². The third-order valence-corrected chi connectivity index (χ3v) is 2.61. The number of hydrogen-bond donors (Lipinski definition) is 1. The van der Waals surface area contributed by atoms with Crippen LogP contribution in [-0.4, -0.2) is 5.11 Å². The fourth-order valence-corrected chi connectivity index (χ4v) is 1.88. The summed E-state index contributed by atoms with van der Waals surface area (Å²) in [6.07, 6.45) is 4.58. The Labute approximate surface area is 106 Å². The van der Waals surface area contributed by atoms with Gasteiger partial charge in [-0.25, -0.2) is 0 Å². The van der Waals surface area contributed by atoms with Crippen LogP contribution in [0.2, 0.25) is 0 Å². The molecule has 0 saturated carbocycles. The maximum atomic E-state index is 10.5. The molecule has 94 valence electrons. The lowest BCUT2D eigenvalue weighted by Gasteiger charge is -2.27. The minimum Gasteiger partial charge on any atom is -0.385 e. The quantitative estimate of drug-likeness (QED) is 0.748. The largest absolute Gasteiger partial charge is 0.385 e. The van der Waals surface area contributed by atoms with E-state index < -0.39 is 5.60 Å². The molecule has 1 aromatic rings. The van der Waals surface area contributed by atoms with Gasteiger partial charge in [0.05, 0.1) is 5.60 Å². The van der Waals surface area contributed by atoms with Gasteiger partial charge < -0.3 is 5.11 Å². The molecule has 0 aliphatic carbocycles. The van der Waals surface area contributed by atoms with E-state index in [9.17, 15) is 5.11 Å². The zero-order valence-corrected chi connectivity index (χ0v) is 11.2. The van der Waals surface area contributed by atoms with Crippen molar-refractivity contribution in [2.75, 3.05) is 0 Å².